The molecule has 0 unspecified atom stereocenters. The van der Waals surface area contributed by atoms with Gasteiger partial charge in [0.25, 0.3) is 4.52 Å². The number of hydrogen-bond donors (Lipinski definition) is 1. The fourth-order valence-electron chi connectivity index (χ4n) is 0.833. The molecule has 0 aliphatic heterocycles. The minimum absolute atomic E-state index is 0.339. The number of ether oxygens (including phenoxy) is 1. The number of alkyl halides is 2. The van der Waals surface area contributed by atoms with Gasteiger partial charge in [0.2, 0.25) is 0 Å². The van der Waals surface area contributed by atoms with Gasteiger partial charge in [-0.1, -0.05) is 41.4 Å². The summed E-state index contributed by atoms with van der Waals surface area (Å²) in [4.78, 5) is 0. The van der Waals surface area contributed by atoms with Crippen LogP contribution < -0.4 is 4.74 Å². The third kappa shape index (κ3) is 5.53. The third-order valence-corrected chi connectivity index (χ3v) is 2.17. The van der Waals surface area contributed by atoms with Gasteiger partial charge in [-0.15, -0.1) is 0 Å². The molecule has 1 rings (SSSR count). The Morgan fingerprint density at radius 1 is 1.25 bits per heavy atom. The second-order valence-electron chi connectivity index (χ2n) is 2.74. The maximum absolute atomic E-state index is 10.3. The fraction of sp³-hybridized carbons (Fsp3) is 0.250. The van der Waals surface area contributed by atoms with E-state index in [1.165, 1.54) is 0 Å². The Hall–Kier alpha value is -0.530. The maximum atomic E-state index is 10.3. The SMILES string of the molecule is O=S(=O)(O)OCC(Cl)(Cl)Oc1ccccc1. The molecule has 0 saturated carbocycles. The van der Waals surface area contributed by atoms with E-state index in [1.54, 1.807) is 30.3 Å². The van der Waals surface area contributed by atoms with Crippen molar-refractivity contribution in [3.8, 4) is 5.75 Å². The molecule has 0 bridgehead atoms. The van der Waals surface area contributed by atoms with Gasteiger partial charge in [-0.2, -0.15) is 8.42 Å². The molecule has 16 heavy (non-hydrogen) atoms. The lowest BCUT2D eigenvalue weighted by atomic mass is 10.3. The van der Waals surface area contributed by atoms with Gasteiger partial charge in [-0.05, 0) is 12.1 Å². The minimum Gasteiger partial charge on any atom is -0.456 e. The van der Waals surface area contributed by atoms with Gasteiger partial charge in [-0.25, -0.2) is 4.18 Å². The smallest absolute Gasteiger partial charge is 0.397 e. The van der Waals surface area contributed by atoms with Crippen molar-refractivity contribution in [1.29, 1.82) is 0 Å². The van der Waals surface area contributed by atoms with E-state index < -0.39 is 21.5 Å². The van der Waals surface area contributed by atoms with Crippen LogP contribution in [-0.2, 0) is 14.6 Å². The topological polar surface area (TPSA) is 72.8 Å². The highest BCUT2D eigenvalue weighted by atomic mass is 35.5. The van der Waals surface area contributed by atoms with Crippen molar-refractivity contribution in [2.45, 2.75) is 4.52 Å². The van der Waals surface area contributed by atoms with E-state index in [0.717, 1.165) is 0 Å². The second kappa shape index (κ2) is 5.20. The van der Waals surface area contributed by atoms with Gasteiger partial charge in [0.05, 0.1) is 0 Å². The Balaban J connectivity index is 2.59. The standard InChI is InChI=1S/C8H8Cl2O5S/c9-8(10,6-14-16(11,12)13)15-7-4-2-1-3-5-7/h1-5H,6H2,(H,11,12,13). The second-order valence-corrected chi connectivity index (χ2v) is 5.25. The molecule has 0 radical (unpaired) electrons. The lowest BCUT2D eigenvalue weighted by molar-refractivity contribution is 0.149. The summed E-state index contributed by atoms with van der Waals surface area (Å²) in [6.07, 6.45) is 0. The minimum atomic E-state index is -4.60. The predicted octanol–water partition coefficient (Wildman–Crippen LogP) is 2.02. The van der Waals surface area contributed by atoms with Crippen molar-refractivity contribution in [3.63, 3.8) is 0 Å². The summed E-state index contributed by atoms with van der Waals surface area (Å²) in [7, 11) is -4.60. The van der Waals surface area contributed by atoms with E-state index in [-0.39, 0.29) is 0 Å². The van der Waals surface area contributed by atoms with Crippen LogP contribution in [0.15, 0.2) is 30.3 Å². The number of para-hydroxylation sites is 1. The highest BCUT2D eigenvalue weighted by Crippen LogP contribution is 2.26. The van der Waals surface area contributed by atoms with E-state index in [9.17, 15) is 8.42 Å². The molecular weight excluding hydrogens is 279 g/mol. The average molecular weight is 287 g/mol. The average Bonchev–Trinajstić information content (AvgIpc) is 2.15. The highest BCUT2D eigenvalue weighted by molar-refractivity contribution is 7.80. The first-order valence-corrected chi connectivity index (χ1v) is 6.14. The van der Waals surface area contributed by atoms with Crippen LogP contribution in [0.1, 0.15) is 0 Å². The molecule has 0 amide bonds. The van der Waals surface area contributed by atoms with Gasteiger partial charge in [0, 0.05) is 0 Å². The Kier molecular flexibility index (Phi) is 4.40. The van der Waals surface area contributed by atoms with Crippen molar-refractivity contribution in [1.82, 2.24) is 0 Å². The third-order valence-electron chi connectivity index (χ3n) is 1.39. The molecule has 0 heterocycles. The monoisotopic (exact) mass is 286 g/mol. The summed E-state index contributed by atoms with van der Waals surface area (Å²) in [6.45, 7) is -0.732. The Morgan fingerprint density at radius 2 is 1.81 bits per heavy atom. The number of hydrogen-bond acceptors (Lipinski definition) is 4. The zero-order valence-corrected chi connectivity index (χ0v) is 10.2. The lowest BCUT2D eigenvalue weighted by Crippen LogP contribution is -2.29. The lowest BCUT2D eigenvalue weighted by Gasteiger charge is -2.20. The van der Waals surface area contributed by atoms with Crippen molar-refractivity contribution in [3.05, 3.63) is 30.3 Å². The van der Waals surface area contributed by atoms with Crippen molar-refractivity contribution in [2.24, 2.45) is 0 Å². The van der Waals surface area contributed by atoms with E-state index in [0.29, 0.717) is 5.75 Å². The zero-order valence-electron chi connectivity index (χ0n) is 7.84. The summed E-state index contributed by atoms with van der Waals surface area (Å²) < 4.78 is 36.0. The van der Waals surface area contributed by atoms with E-state index in [2.05, 4.69) is 4.18 Å². The molecule has 0 aromatic heterocycles. The van der Waals surface area contributed by atoms with Gasteiger partial charge in [0.1, 0.15) is 12.4 Å². The molecule has 0 aliphatic rings. The first-order chi connectivity index (χ1) is 7.29. The van der Waals surface area contributed by atoms with Crippen LogP contribution >= 0.6 is 23.2 Å². The molecule has 90 valence electrons. The molecule has 0 saturated heterocycles. The van der Waals surface area contributed by atoms with Gasteiger partial charge >= 0.3 is 10.4 Å². The fourth-order valence-corrected chi connectivity index (χ4v) is 1.57. The van der Waals surface area contributed by atoms with Crippen LogP contribution in [0, 0.1) is 0 Å². The Morgan fingerprint density at radius 3 is 2.31 bits per heavy atom. The van der Waals surface area contributed by atoms with Crippen LogP contribution in [0.4, 0.5) is 0 Å². The summed E-state index contributed by atoms with van der Waals surface area (Å²) in [6, 6.07) is 8.28. The van der Waals surface area contributed by atoms with Crippen LogP contribution in [0.3, 0.4) is 0 Å². The summed E-state index contributed by atoms with van der Waals surface area (Å²) in [5.74, 6) is 0.339. The highest BCUT2D eigenvalue weighted by Gasteiger charge is 2.29. The van der Waals surface area contributed by atoms with Crippen molar-refractivity contribution in [2.75, 3.05) is 6.61 Å². The van der Waals surface area contributed by atoms with Crippen molar-refractivity contribution >= 4 is 33.6 Å². The quantitative estimate of drug-likeness (QED) is 0.662. The Labute approximate surface area is 103 Å². The van der Waals surface area contributed by atoms with Gasteiger partial charge < -0.3 is 4.74 Å². The first kappa shape index (κ1) is 13.5. The predicted molar refractivity (Wildman–Crippen MR) is 59.0 cm³/mol. The van der Waals surface area contributed by atoms with E-state index in [4.69, 9.17) is 32.5 Å². The van der Waals surface area contributed by atoms with Crippen LogP contribution in [0.2, 0.25) is 0 Å². The van der Waals surface area contributed by atoms with Crippen molar-refractivity contribution < 1.29 is 21.9 Å². The first-order valence-electron chi connectivity index (χ1n) is 4.02. The van der Waals surface area contributed by atoms with E-state index >= 15 is 0 Å². The summed E-state index contributed by atoms with van der Waals surface area (Å²) in [5.41, 5.74) is 0. The molecule has 0 fully saturated rings. The largest absolute Gasteiger partial charge is 0.456 e. The molecule has 1 aromatic rings. The van der Waals surface area contributed by atoms with Gasteiger partial charge in [0.15, 0.2) is 0 Å². The maximum Gasteiger partial charge on any atom is 0.397 e. The zero-order chi connectivity index (χ0) is 12.2. The van der Waals surface area contributed by atoms with Crippen LogP contribution in [0.25, 0.3) is 0 Å². The number of benzene rings is 1. The molecule has 0 aliphatic carbocycles. The molecule has 5 nitrogen and oxygen atoms in total. The molecule has 1 aromatic carbocycles. The number of rotatable bonds is 5. The number of halogens is 2. The molecule has 0 atom stereocenters. The normalized spacial score (nSPS) is 12.4. The van der Waals surface area contributed by atoms with E-state index in [1.807, 2.05) is 0 Å². The van der Waals surface area contributed by atoms with Crippen LogP contribution in [0.5, 0.6) is 5.75 Å². The van der Waals surface area contributed by atoms with Gasteiger partial charge in [-0.3, -0.25) is 4.55 Å². The summed E-state index contributed by atoms with van der Waals surface area (Å²) in [5, 5.41) is 0. The Bertz CT molecular complexity index is 431. The molecule has 0 spiro atoms. The molecule has 1 N–H and O–H groups in total. The van der Waals surface area contributed by atoms with Crippen LogP contribution in [-0.4, -0.2) is 24.1 Å². The summed E-state index contributed by atoms with van der Waals surface area (Å²) >= 11 is 11.2. The molecular formula is C8H8Cl2O5S. The molecule has 8 heteroatoms.